The van der Waals surface area contributed by atoms with Crippen molar-refractivity contribution in [2.45, 2.75) is 39.8 Å². The van der Waals surface area contributed by atoms with E-state index >= 15 is 0 Å². The van der Waals surface area contributed by atoms with Crippen LogP contribution in [-0.4, -0.2) is 55.3 Å². The summed E-state index contributed by atoms with van der Waals surface area (Å²) in [7, 11) is 3.48. The molecule has 0 unspecified atom stereocenters. The predicted molar refractivity (Wildman–Crippen MR) is 96.4 cm³/mol. The predicted octanol–water partition coefficient (Wildman–Crippen LogP) is 2.30. The van der Waals surface area contributed by atoms with Crippen LogP contribution in [0.3, 0.4) is 0 Å². The number of methoxy groups -OCH3 is 1. The quantitative estimate of drug-likeness (QED) is 0.491. The number of nitrogens with one attached hydrogen (secondary N) is 1. The molecule has 0 radical (unpaired) electrons. The highest BCUT2D eigenvalue weighted by Gasteiger charge is 2.53. The summed E-state index contributed by atoms with van der Waals surface area (Å²) < 4.78 is 10.4. The van der Waals surface area contributed by atoms with E-state index in [2.05, 4.69) is 47.9 Å². The zero-order valence-electron chi connectivity index (χ0n) is 15.7. The lowest BCUT2D eigenvalue weighted by atomic mass is 9.65. The maximum absolute atomic E-state index is 5.47. The van der Waals surface area contributed by atoms with Crippen LogP contribution in [-0.2, 0) is 11.3 Å². The Labute approximate surface area is 145 Å². The first-order valence-electron chi connectivity index (χ1n) is 8.37. The number of likely N-dealkylation sites (tertiary alicyclic amines) is 1. The van der Waals surface area contributed by atoms with Gasteiger partial charge in [0.2, 0.25) is 5.88 Å². The van der Waals surface area contributed by atoms with E-state index in [1.807, 2.05) is 25.4 Å². The number of hydrogen-bond donors (Lipinski definition) is 1. The number of aliphatic imine (C=N–C) groups is 1. The first-order chi connectivity index (χ1) is 11.3. The Morgan fingerprint density at radius 3 is 2.54 bits per heavy atom. The zero-order chi connectivity index (χ0) is 17.8. The topological polar surface area (TPSA) is 59.0 Å². The molecule has 134 valence electrons. The van der Waals surface area contributed by atoms with Gasteiger partial charge >= 0.3 is 0 Å². The van der Waals surface area contributed by atoms with Crippen LogP contribution in [0.25, 0.3) is 0 Å². The average molecular weight is 334 g/mol. The summed E-state index contributed by atoms with van der Waals surface area (Å²) in [6, 6.07) is 3.90. The van der Waals surface area contributed by atoms with Gasteiger partial charge in [0.05, 0.1) is 6.61 Å². The largest absolute Gasteiger partial charge is 0.475 e. The van der Waals surface area contributed by atoms with Gasteiger partial charge in [-0.15, -0.1) is 0 Å². The Morgan fingerprint density at radius 1 is 1.29 bits per heavy atom. The maximum atomic E-state index is 5.47. The van der Waals surface area contributed by atoms with Crippen LogP contribution in [0, 0.1) is 5.41 Å². The van der Waals surface area contributed by atoms with Gasteiger partial charge in [-0.05, 0) is 19.4 Å². The summed E-state index contributed by atoms with van der Waals surface area (Å²) in [4.78, 5) is 11.1. The lowest BCUT2D eigenvalue weighted by molar-refractivity contribution is -0.0667. The Morgan fingerprint density at radius 2 is 2.04 bits per heavy atom. The second-order valence-corrected chi connectivity index (χ2v) is 7.28. The molecule has 0 saturated carbocycles. The van der Waals surface area contributed by atoms with Gasteiger partial charge in [-0.25, -0.2) is 4.98 Å². The fourth-order valence-electron chi connectivity index (χ4n) is 2.71. The van der Waals surface area contributed by atoms with Crippen LogP contribution in [0.15, 0.2) is 23.3 Å². The Bertz CT molecular complexity index is 567. The third-order valence-corrected chi connectivity index (χ3v) is 5.14. The molecule has 0 aliphatic carbocycles. The fraction of sp³-hybridized carbons (Fsp3) is 0.667. The van der Waals surface area contributed by atoms with Crippen LogP contribution in [0.5, 0.6) is 5.88 Å². The minimum absolute atomic E-state index is 0.0894. The molecule has 1 aromatic rings. The standard InChI is InChI=1S/C18H30N4O2/c1-17(2)13-22(18(17,3)4)16(19-5)21-12-14-7-8-15(20-11-14)24-10-9-23-6/h7-8,11H,9-10,12-13H2,1-6H3,(H,19,21). The van der Waals surface area contributed by atoms with Gasteiger partial charge in [0.25, 0.3) is 0 Å². The summed E-state index contributed by atoms with van der Waals surface area (Å²) in [6.07, 6.45) is 1.83. The molecular formula is C18H30N4O2. The van der Waals surface area contributed by atoms with Gasteiger partial charge < -0.3 is 19.7 Å². The average Bonchev–Trinajstić information content (AvgIpc) is 2.56. The van der Waals surface area contributed by atoms with Gasteiger partial charge in [0.1, 0.15) is 6.61 Å². The number of aromatic nitrogens is 1. The summed E-state index contributed by atoms with van der Waals surface area (Å²) >= 11 is 0. The van der Waals surface area contributed by atoms with E-state index in [4.69, 9.17) is 9.47 Å². The molecule has 1 aromatic heterocycles. The lowest BCUT2D eigenvalue weighted by Crippen LogP contribution is -2.72. The molecule has 6 heteroatoms. The normalized spacial score (nSPS) is 18.9. The highest BCUT2D eigenvalue weighted by molar-refractivity contribution is 5.82. The molecule has 0 amide bonds. The Hall–Kier alpha value is -1.82. The molecular weight excluding hydrogens is 304 g/mol. The minimum atomic E-state index is 0.0894. The maximum Gasteiger partial charge on any atom is 0.213 e. The molecule has 0 spiro atoms. The van der Waals surface area contributed by atoms with Gasteiger partial charge in [-0.3, -0.25) is 4.99 Å². The molecule has 0 bridgehead atoms. The van der Waals surface area contributed by atoms with Gasteiger partial charge in [0, 0.05) is 50.5 Å². The Balaban J connectivity index is 1.88. The second-order valence-electron chi connectivity index (χ2n) is 7.28. The van der Waals surface area contributed by atoms with Crippen LogP contribution in [0.1, 0.15) is 33.3 Å². The van der Waals surface area contributed by atoms with E-state index in [-0.39, 0.29) is 11.0 Å². The van der Waals surface area contributed by atoms with Crippen molar-refractivity contribution in [3.8, 4) is 5.88 Å². The molecule has 6 nitrogen and oxygen atoms in total. The number of hydrogen-bond acceptors (Lipinski definition) is 4. The van der Waals surface area contributed by atoms with Crippen molar-refractivity contribution in [2.24, 2.45) is 10.4 Å². The van der Waals surface area contributed by atoms with Crippen molar-refractivity contribution in [3.63, 3.8) is 0 Å². The minimum Gasteiger partial charge on any atom is -0.475 e. The number of ether oxygens (including phenoxy) is 2. The van der Waals surface area contributed by atoms with E-state index in [1.54, 1.807) is 7.11 Å². The molecule has 24 heavy (non-hydrogen) atoms. The first kappa shape index (κ1) is 18.5. The van der Waals surface area contributed by atoms with Crippen LogP contribution in [0.4, 0.5) is 0 Å². The van der Waals surface area contributed by atoms with Gasteiger partial charge in [-0.1, -0.05) is 19.9 Å². The number of guanidine groups is 1. The number of pyridine rings is 1. The lowest BCUT2D eigenvalue weighted by Gasteiger charge is -2.62. The van der Waals surface area contributed by atoms with Gasteiger partial charge in [-0.2, -0.15) is 0 Å². The van der Waals surface area contributed by atoms with Crippen molar-refractivity contribution in [2.75, 3.05) is 33.9 Å². The molecule has 1 aliphatic rings. The summed E-state index contributed by atoms with van der Waals surface area (Å²) in [5.74, 6) is 1.55. The molecule has 1 saturated heterocycles. The van der Waals surface area contributed by atoms with E-state index in [9.17, 15) is 0 Å². The van der Waals surface area contributed by atoms with Crippen molar-refractivity contribution < 1.29 is 9.47 Å². The molecule has 0 aromatic carbocycles. The molecule has 2 heterocycles. The van der Waals surface area contributed by atoms with Gasteiger partial charge in [0.15, 0.2) is 5.96 Å². The third kappa shape index (κ3) is 3.80. The van der Waals surface area contributed by atoms with E-state index in [1.165, 1.54) is 0 Å². The van der Waals surface area contributed by atoms with Crippen LogP contribution >= 0.6 is 0 Å². The van der Waals surface area contributed by atoms with E-state index < -0.39 is 0 Å². The Kier molecular flexibility index (Phi) is 5.70. The molecule has 1 fully saturated rings. The number of nitrogens with zero attached hydrogens (tertiary/aromatic N) is 3. The monoisotopic (exact) mass is 334 g/mol. The first-order valence-corrected chi connectivity index (χ1v) is 8.37. The SMILES string of the molecule is CN=C(NCc1ccc(OCCOC)nc1)N1CC(C)(C)C1(C)C. The highest BCUT2D eigenvalue weighted by Crippen LogP contribution is 2.46. The summed E-state index contributed by atoms with van der Waals surface area (Å²) in [5, 5.41) is 3.43. The van der Waals surface area contributed by atoms with Crippen molar-refractivity contribution >= 4 is 5.96 Å². The van der Waals surface area contributed by atoms with Crippen molar-refractivity contribution in [1.82, 2.24) is 15.2 Å². The number of rotatable bonds is 6. The second kappa shape index (κ2) is 7.38. The smallest absolute Gasteiger partial charge is 0.213 e. The van der Waals surface area contributed by atoms with Crippen LogP contribution in [0.2, 0.25) is 0 Å². The van der Waals surface area contributed by atoms with E-state index in [0.29, 0.717) is 25.6 Å². The molecule has 1 N–H and O–H groups in total. The highest BCUT2D eigenvalue weighted by atomic mass is 16.5. The third-order valence-electron chi connectivity index (χ3n) is 5.14. The summed E-state index contributed by atoms with van der Waals surface area (Å²) in [5.41, 5.74) is 1.47. The molecule has 2 rings (SSSR count). The van der Waals surface area contributed by atoms with Crippen LogP contribution < -0.4 is 10.1 Å². The van der Waals surface area contributed by atoms with Crippen molar-refractivity contribution in [3.05, 3.63) is 23.9 Å². The zero-order valence-corrected chi connectivity index (χ0v) is 15.7. The fourth-order valence-corrected chi connectivity index (χ4v) is 2.71. The molecule has 0 atom stereocenters. The molecule has 1 aliphatic heterocycles. The van der Waals surface area contributed by atoms with E-state index in [0.717, 1.165) is 18.1 Å². The van der Waals surface area contributed by atoms with Crippen molar-refractivity contribution in [1.29, 1.82) is 0 Å². The summed E-state index contributed by atoms with van der Waals surface area (Å²) in [6.45, 7) is 11.9.